The molecule has 35 heavy (non-hydrogen) atoms. The summed E-state index contributed by atoms with van der Waals surface area (Å²) in [7, 11) is 0. The number of piperidine rings is 1. The van der Waals surface area contributed by atoms with Crippen molar-refractivity contribution >= 4 is 17.8 Å². The molecule has 3 aromatic rings. The Hall–Kier alpha value is -3.95. The second kappa shape index (κ2) is 9.36. The van der Waals surface area contributed by atoms with E-state index in [1.807, 2.05) is 0 Å². The van der Waals surface area contributed by atoms with Gasteiger partial charge in [0.2, 0.25) is 0 Å². The Kier molecular flexibility index (Phi) is 6.10. The first-order valence-corrected chi connectivity index (χ1v) is 11.6. The fourth-order valence-electron chi connectivity index (χ4n) is 4.56. The van der Waals surface area contributed by atoms with Crippen LogP contribution in [0.15, 0.2) is 47.1 Å². The van der Waals surface area contributed by atoms with E-state index in [0.717, 1.165) is 24.2 Å². The van der Waals surface area contributed by atoms with Gasteiger partial charge in [0.1, 0.15) is 34.4 Å². The van der Waals surface area contributed by atoms with E-state index in [0.29, 0.717) is 48.8 Å². The third kappa shape index (κ3) is 5.11. The van der Waals surface area contributed by atoms with E-state index < -0.39 is 0 Å². The predicted molar refractivity (Wildman–Crippen MR) is 125 cm³/mol. The van der Waals surface area contributed by atoms with Crippen LogP contribution in [0.4, 0.5) is 15.0 Å². The molecule has 2 aromatic heterocycles. The molecule has 0 saturated carbocycles. The number of nitrogens with zero attached hydrogens (tertiary/aromatic N) is 3. The summed E-state index contributed by atoms with van der Waals surface area (Å²) in [4.78, 5) is 31.2. The van der Waals surface area contributed by atoms with E-state index >= 15 is 0 Å². The summed E-state index contributed by atoms with van der Waals surface area (Å²) in [6.45, 7) is 3.07. The Morgan fingerprint density at radius 1 is 1.14 bits per heavy atom. The van der Waals surface area contributed by atoms with Gasteiger partial charge >= 0.3 is 6.03 Å². The molecule has 0 aliphatic carbocycles. The minimum atomic E-state index is -0.333. The predicted octanol–water partition coefficient (Wildman–Crippen LogP) is 3.84. The van der Waals surface area contributed by atoms with E-state index in [1.165, 1.54) is 24.4 Å². The smallest absolute Gasteiger partial charge is 0.323 e. The van der Waals surface area contributed by atoms with Gasteiger partial charge in [-0.1, -0.05) is 5.16 Å². The van der Waals surface area contributed by atoms with Crippen LogP contribution in [0.1, 0.15) is 46.6 Å². The summed E-state index contributed by atoms with van der Waals surface area (Å²) >= 11 is 0. The number of anilines is 1. The zero-order valence-corrected chi connectivity index (χ0v) is 19.3. The molecule has 0 unspecified atom stereocenters. The van der Waals surface area contributed by atoms with Gasteiger partial charge in [-0.3, -0.25) is 10.1 Å². The highest BCUT2D eigenvalue weighted by molar-refractivity contribution is 5.96. The van der Waals surface area contributed by atoms with E-state index in [9.17, 15) is 14.0 Å². The summed E-state index contributed by atoms with van der Waals surface area (Å²) in [5.41, 5.74) is 1.56. The number of aryl methyl sites for hydroxylation is 2. The summed E-state index contributed by atoms with van der Waals surface area (Å²) < 4.78 is 24.7. The van der Waals surface area contributed by atoms with Gasteiger partial charge in [0.15, 0.2) is 0 Å². The van der Waals surface area contributed by atoms with Gasteiger partial charge in [0, 0.05) is 43.8 Å². The van der Waals surface area contributed by atoms with Crippen LogP contribution < -0.4 is 15.4 Å². The number of hydrogen-bond acceptors (Lipinski definition) is 6. The minimum absolute atomic E-state index is 0.233. The number of halogens is 1. The fraction of sp³-hybridized carbons (Fsp3) is 0.360. The minimum Gasteiger partial charge on any atom is -0.487 e. The first-order chi connectivity index (χ1) is 16.9. The van der Waals surface area contributed by atoms with Crippen LogP contribution in [0, 0.1) is 12.7 Å². The van der Waals surface area contributed by atoms with Crippen LogP contribution in [-0.4, -0.2) is 45.7 Å². The molecule has 182 valence electrons. The Morgan fingerprint density at radius 2 is 1.97 bits per heavy atom. The van der Waals surface area contributed by atoms with Crippen molar-refractivity contribution in [1.29, 1.82) is 0 Å². The molecule has 0 radical (unpaired) electrons. The number of benzene rings is 1. The number of likely N-dealkylation sites (tertiary alicyclic amines) is 1. The topological polar surface area (TPSA) is 110 Å². The van der Waals surface area contributed by atoms with Crippen molar-refractivity contribution in [1.82, 2.24) is 20.4 Å². The normalized spacial score (nSPS) is 16.3. The van der Waals surface area contributed by atoms with E-state index in [1.54, 1.807) is 30.0 Å². The lowest BCUT2D eigenvalue weighted by molar-refractivity contribution is -0.00448. The second-order valence-corrected chi connectivity index (χ2v) is 9.00. The molecule has 0 atom stereocenters. The number of hydrogen-bond donors (Lipinski definition) is 2. The van der Waals surface area contributed by atoms with Gasteiger partial charge < -0.3 is 19.5 Å². The summed E-state index contributed by atoms with van der Waals surface area (Å²) in [6, 6.07) is 9.21. The lowest BCUT2D eigenvalue weighted by Crippen LogP contribution is -2.52. The lowest BCUT2D eigenvalue weighted by Gasteiger charge is -2.44. The summed E-state index contributed by atoms with van der Waals surface area (Å²) in [5.74, 6) is 1.13. The number of aromatic nitrogens is 2. The maximum Gasteiger partial charge on any atom is 0.323 e. The highest BCUT2D eigenvalue weighted by Gasteiger charge is 2.40. The monoisotopic (exact) mass is 479 g/mol. The van der Waals surface area contributed by atoms with E-state index in [4.69, 9.17) is 9.26 Å². The van der Waals surface area contributed by atoms with Crippen molar-refractivity contribution in [3.63, 3.8) is 0 Å². The highest BCUT2D eigenvalue weighted by atomic mass is 19.1. The maximum atomic E-state index is 13.5. The molecule has 1 aromatic carbocycles. The standard InChI is InChI=1S/C25H26FN5O4/c1-16-12-20(30-35-16)15-28-23(32)18-5-9-27-22(14-18)29-24(33)31-10-7-25(8-11-31)6-4-17-13-19(26)2-3-21(17)34-25/h2-3,5,9,12-14H,4,6-8,10-11,15H2,1H3,(H,28,32)(H,27,29,33). The van der Waals surface area contributed by atoms with Gasteiger partial charge in [-0.25, -0.2) is 14.2 Å². The largest absolute Gasteiger partial charge is 0.487 e. The molecule has 1 saturated heterocycles. The molecule has 9 nitrogen and oxygen atoms in total. The summed E-state index contributed by atoms with van der Waals surface area (Å²) in [5, 5.41) is 9.40. The van der Waals surface area contributed by atoms with Crippen molar-refractivity contribution in [2.24, 2.45) is 0 Å². The van der Waals surface area contributed by atoms with E-state index in [2.05, 4.69) is 20.8 Å². The Labute approximate surface area is 201 Å². The number of pyridine rings is 1. The molecule has 3 amide bonds. The van der Waals surface area contributed by atoms with Crippen LogP contribution in [-0.2, 0) is 13.0 Å². The first-order valence-electron chi connectivity index (χ1n) is 11.6. The second-order valence-electron chi connectivity index (χ2n) is 9.00. The number of ether oxygens (including phenoxy) is 1. The van der Waals surface area contributed by atoms with Gasteiger partial charge in [-0.15, -0.1) is 0 Å². The maximum absolute atomic E-state index is 13.5. The molecule has 2 aliphatic rings. The van der Waals surface area contributed by atoms with Gasteiger partial charge in [-0.2, -0.15) is 0 Å². The number of carbonyl (C=O) groups excluding carboxylic acids is 2. The molecule has 10 heteroatoms. The average Bonchev–Trinajstić information content (AvgIpc) is 3.28. The van der Waals surface area contributed by atoms with Crippen LogP contribution in [0.25, 0.3) is 0 Å². The zero-order valence-electron chi connectivity index (χ0n) is 19.3. The molecular formula is C25H26FN5O4. The van der Waals surface area contributed by atoms with Crippen molar-refractivity contribution < 1.29 is 23.2 Å². The Balaban J connectivity index is 1.15. The zero-order chi connectivity index (χ0) is 24.4. The molecule has 1 spiro atoms. The van der Waals surface area contributed by atoms with Gasteiger partial charge in [-0.05, 0) is 55.7 Å². The molecule has 0 bridgehead atoms. The van der Waals surface area contributed by atoms with Crippen LogP contribution in [0.3, 0.4) is 0 Å². The average molecular weight is 480 g/mol. The lowest BCUT2D eigenvalue weighted by atomic mass is 9.83. The number of amides is 3. The SMILES string of the molecule is Cc1cc(CNC(=O)c2ccnc(NC(=O)N3CCC4(CCc5cc(F)ccc5O4)CC3)c2)no1. The third-order valence-corrected chi connectivity index (χ3v) is 6.52. The van der Waals surface area contributed by atoms with Crippen molar-refractivity contribution in [2.45, 2.75) is 44.8 Å². The molecule has 2 N–H and O–H groups in total. The number of nitrogens with one attached hydrogen (secondary N) is 2. The molecule has 5 rings (SSSR count). The van der Waals surface area contributed by atoms with E-state index in [-0.39, 0.29) is 29.9 Å². The van der Waals surface area contributed by atoms with Gasteiger partial charge in [0.05, 0.1) is 6.54 Å². The van der Waals surface area contributed by atoms with Crippen LogP contribution in [0.2, 0.25) is 0 Å². The fourth-order valence-corrected chi connectivity index (χ4v) is 4.56. The number of rotatable bonds is 4. The highest BCUT2D eigenvalue weighted by Crippen LogP contribution is 2.39. The molecule has 1 fully saturated rings. The van der Waals surface area contributed by atoms with Crippen molar-refractivity contribution in [3.8, 4) is 5.75 Å². The quantitative estimate of drug-likeness (QED) is 0.589. The summed E-state index contributed by atoms with van der Waals surface area (Å²) in [6.07, 6.45) is 4.41. The van der Waals surface area contributed by atoms with Gasteiger partial charge in [0.25, 0.3) is 5.91 Å². The first kappa shape index (κ1) is 22.8. The number of urea groups is 1. The molecular weight excluding hydrogens is 453 g/mol. The Bertz CT molecular complexity index is 1250. The van der Waals surface area contributed by atoms with Crippen LogP contribution >= 0.6 is 0 Å². The number of carbonyl (C=O) groups is 2. The van der Waals surface area contributed by atoms with Crippen LogP contribution in [0.5, 0.6) is 5.75 Å². The Morgan fingerprint density at radius 3 is 2.74 bits per heavy atom. The molecule has 2 aliphatic heterocycles. The van der Waals surface area contributed by atoms with Crippen molar-refractivity contribution in [2.75, 3.05) is 18.4 Å². The number of fused-ring (bicyclic) bond motifs is 1. The van der Waals surface area contributed by atoms with Crippen molar-refractivity contribution in [3.05, 3.63) is 71.0 Å². The third-order valence-electron chi connectivity index (χ3n) is 6.52. The molecule has 4 heterocycles.